The highest BCUT2D eigenvalue weighted by Gasteiger charge is 2.24. The van der Waals surface area contributed by atoms with E-state index in [-0.39, 0.29) is 17.9 Å². The maximum atomic E-state index is 6.10. The smallest absolute Gasteiger partial charge is 0.164 e. The molecule has 4 nitrogen and oxygen atoms in total. The molecule has 114 valence electrons. The third-order valence-electron chi connectivity index (χ3n) is 3.45. The van der Waals surface area contributed by atoms with Crippen LogP contribution >= 0.6 is 12.4 Å². The normalized spacial score (nSPS) is 15.2. The van der Waals surface area contributed by atoms with Crippen molar-refractivity contribution in [3.05, 3.63) is 23.3 Å². The highest BCUT2D eigenvalue weighted by atomic mass is 35.5. The van der Waals surface area contributed by atoms with Gasteiger partial charge in [-0.25, -0.2) is 0 Å². The van der Waals surface area contributed by atoms with Crippen LogP contribution in [0.15, 0.2) is 12.1 Å². The topological polar surface area (TPSA) is 47.7 Å². The van der Waals surface area contributed by atoms with E-state index >= 15 is 0 Å². The summed E-state index contributed by atoms with van der Waals surface area (Å²) in [6.07, 6.45) is 0.978. The number of nitrogens with zero attached hydrogens (tertiary/aromatic N) is 1. The van der Waals surface area contributed by atoms with Gasteiger partial charge in [-0.05, 0) is 31.9 Å². The van der Waals surface area contributed by atoms with Gasteiger partial charge in [-0.1, -0.05) is 6.07 Å². The van der Waals surface area contributed by atoms with Gasteiger partial charge < -0.3 is 15.2 Å². The summed E-state index contributed by atoms with van der Waals surface area (Å²) >= 11 is 0. The number of fused-ring (bicyclic) bond motifs is 1. The molecule has 0 unspecified atom stereocenters. The first kappa shape index (κ1) is 17.1. The summed E-state index contributed by atoms with van der Waals surface area (Å²) in [5.41, 5.74) is 8.53. The number of nitrogens with two attached hydrogens (primary N) is 1. The monoisotopic (exact) mass is 300 g/mol. The fourth-order valence-corrected chi connectivity index (χ4v) is 2.76. The zero-order valence-electron chi connectivity index (χ0n) is 12.7. The third-order valence-corrected chi connectivity index (χ3v) is 3.45. The first-order valence-corrected chi connectivity index (χ1v) is 6.68. The fourth-order valence-electron chi connectivity index (χ4n) is 2.76. The van der Waals surface area contributed by atoms with E-state index < -0.39 is 0 Å². The van der Waals surface area contributed by atoms with E-state index in [2.05, 4.69) is 24.8 Å². The zero-order chi connectivity index (χ0) is 14.0. The molecule has 0 saturated carbocycles. The molecule has 1 aliphatic heterocycles. The van der Waals surface area contributed by atoms with Crippen molar-refractivity contribution in [2.75, 3.05) is 27.3 Å². The Morgan fingerprint density at radius 2 is 1.95 bits per heavy atom. The molecule has 1 aromatic rings. The van der Waals surface area contributed by atoms with Crippen molar-refractivity contribution >= 4 is 12.4 Å². The molecular formula is C15H25ClN2O2. The molecule has 1 aliphatic rings. The maximum Gasteiger partial charge on any atom is 0.164 e. The van der Waals surface area contributed by atoms with E-state index in [1.165, 1.54) is 11.1 Å². The minimum atomic E-state index is -0.159. The quantitative estimate of drug-likeness (QED) is 0.926. The predicted molar refractivity (Wildman–Crippen MR) is 84.0 cm³/mol. The first-order valence-electron chi connectivity index (χ1n) is 6.68. The molecule has 20 heavy (non-hydrogen) atoms. The number of ether oxygens (including phenoxy) is 2. The highest BCUT2D eigenvalue weighted by Crippen LogP contribution is 2.36. The Bertz CT molecular complexity index is 458. The summed E-state index contributed by atoms with van der Waals surface area (Å²) in [6, 6.07) is 4.11. The number of halogens is 1. The van der Waals surface area contributed by atoms with Crippen LogP contribution in [0.2, 0.25) is 0 Å². The standard InChI is InChI=1S/C15H24N2O2.ClH/c1-15(2,16)10-17-8-7-12-11(9-17)5-6-13(18-3)14(12)19-4;/h5-6H,7-10,16H2,1-4H3;1H. The number of hydrogen-bond acceptors (Lipinski definition) is 4. The van der Waals surface area contributed by atoms with Gasteiger partial charge >= 0.3 is 0 Å². The van der Waals surface area contributed by atoms with Crippen LogP contribution in [0.4, 0.5) is 0 Å². The Morgan fingerprint density at radius 3 is 2.50 bits per heavy atom. The second-order valence-corrected chi connectivity index (χ2v) is 5.89. The van der Waals surface area contributed by atoms with E-state index in [1.807, 2.05) is 6.07 Å². The number of methoxy groups -OCH3 is 2. The summed E-state index contributed by atoms with van der Waals surface area (Å²) in [4.78, 5) is 2.40. The van der Waals surface area contributed by atoms with Gasteiger partial charge in [0.15, 0.2) is 11.5 Å². The van der Waals surface area contributed by atoms with Crippen molar-refractivity contribution in [3.63, 3.8) is 0 Å². The van der Waals surface area contributed by atoms with Crippen LogP contribution in [0, 0.1) is 0 Å². The summed E-state index contributed by atoms with van der Waals surface area (Å²) in [5.74, 6) is 1.69. The van der Waals surface area contributed by atoms with Gasteiger partial charge in [0.1, 0.15) is 0 Å². The number of hydrogen-bond donors (Lipinski definition) is 1. The van der Waals surface area contributed by atoms with E-state index in [0.29, 0.717) is 0 Å². The molecule has 2 N–H and O–H groups in total. The Hall–Kier alpha value is -0.970. The summed E-state index contributed by atoms with van der Waals surface area (Å²) < 4.78 is 10.9. The van der Waals surface area contributed by atoms with Crippen LogP contribution in [0.3, 0.4) is 0 Å². The molecule has 0 radical (unpaired) electrons. The second kappa shape index (κ2) is 6.66. The lowest BCUT2D eigenvalue weighted by Crippen LogP contribution is -2.46. The Kier molecular flexibility index (Phi) is 5.68. The van der Waals surface area contributed by atoms with E-state index in [9.17, 15) is 0 Å². The molecule has 0 spiro atoms. The van der Waals surface area contributed by atoms with E-state index in [1.54, 1.807) is 14.2 Å². The van der Waals surface area contributed by atoms with Crippen LogP contribution < -0.4 is 15.2 Å². The average molecular weight is 301 g/mol. The molecule has 0 saturated heterocycles. The SMILES string of the molecule is COc1ccc2c(c1OC)CCN(CC(C)(C)N)C2.Cl. The van der Waals surface area contributed by atoms with E-state index in [0.717, 1.165) is 37.6 Å². The van der Waals surface area contributed by atoms with Crippen molar-refractivity contribution in [1.82, 2.24) is 4.90 Å². The molecule has 0 aromatic heterocycles. The molecule has 0 amide bonds. The van der Waals surface area contributed by atoms with Gasteiger partial charge in [-0.2, -0.15) is 0 Å². The summed E-state index contributed by atoms with van der Waals surface area (Å²) in [7, 11) is 3.38. The molecule has 0 bridgehead atoms. The van der Waals surface area contributed by atoms with Gasteiger partial charge in [-0.15, -0.1) is 12.4 Å². The molecule has 1 aromatic carbocycles. The largest absolute Gasteiger partial charge is 0.493 e. The van der Waals surface area contributed by atoms with Crippen LogP contribution in [-0.2, 0) is 13.0 Å². The van der Waals surface area contributed by atoms with Crippen LogP contribution in [0.5, 0.6) is 11.5 Å². The minimum absolute atomic E-state index is 0. The molecule has 1 heterocycles. The zero-order valence-corrected chi connectivity index (χ0v) is 13.5. The molecule has 5 heteroatoms. The highest BCUT2D eigenvalue weighted by molar-refractivity contribution is 5.85. The Morgan fingerprint density at radius 1 is 1.25 bits per heavy atom. The Labute approximate surface area is 127 Å². The van der Waals surface area contributed by atoms with Crippen molar-refractivity contribution < 1.29 is 9.47 Å². The first-order chi connectivity index (χ1) is 8.94. The lowest BCUT2D eigenvalue weighted by molar-refractivity contribution is 0.207. The van der Waals surface area contributed by atoms with Gasteiger partial charge in [-0.3, -0.25) is 4.90 Å². The van der Waals surface area contributed by atoms with Gasteiger partial charge in [0.25, 0.3) is 0 Å². The molecule has 0 atom stereocenters. The van der Waals surface area contributed by atoms with Crippen molar-refractivity contribution in [2.24, 2.45) is 5.73 Å². The van der Waals surface area contributed by atoms with E-state index in [4.69, 9.17) is 15.2 Å². The van der Waals surface area contributed by atoms with Crippen molar-refractivity contribution in [2.45, 2.75) is 32.4 Å². The summed E-state index contributed by atoms with van der Waals surface area (Å²) in [6.45, 7) is 6.97. The van der Waals surface area contributed by atoms with Crippen molar-refractivity contribution in [1.29, 1.82) is 0 Å². The second-order valence-electron chi connectivity index (χ2n) is 5.89. The van der Waals surface area contributed by atoms with Gasteiger partial charge in [0.2, 0.25) is 0 Å². The minimum Gasteiger partial charge on any atom is -0.493 e. The van der Waals surface area contributed by atoms with Crippen LogP contribution in [0.25, 0.3) is 0 Å². The van der Waals surface area contributed by atoms with Gasteiger partial charge in [0, 0.05) is 30.7 Å². The molecule has 2 rings (SSSR count). The Balaban J connectivity index is 0.00000200. The lowest BCUT2D eigenvalue weighted by Gasteiger charge is -2.34. The number of rotatable bonds is 4. The predicted octanol–water partition coefficient (Wildman–Crippen LogP) is 2.22. The average Bonchev–Trinajstić information content (AvgIpc) is 2.35. The van der Waals surface area contributed by atoms with Gasteiger partial charge in [0.05, 0.1) is 14.2 Å². The molecule has 0 fully saturated rings. The third kappa shape index (κ3) is 3.78. The lowest BCUT2D eigenvalue weighted by atomic mass is 9.96. The van der Waals surface area contributed by atoms with Crippen LogP contribution in [-0.4, -0.2) is 37.7 Å². The molecular weight excluding hydrogens is 276 g/mol. The fraction of sp³-hybridized carbons (Fsp3) is 0.600. The van der Waals surface area contributed by atoms with Crippen molar-refractivity contribution in [3.8, 4) is 11.5 Å². The molecule has 0 aliphatic carbocycles. The summed E-state index contributed by atoms with van der Waals surface area (Å²) in [5, 5.41) is 0. The number of benzene rings is 1. The van der Waals surface area contributed by atoms with Crippen LogP contribution in [0.1, 0.15) is 25.0 Å². The maximum absolute atomic E-state index is 6.10.